The first-order valence-electron chi connectivity index (χ1n) is 9.29. The number of ether oxygens (including phenoxy) is 2. The third-order valence-corrected chi connectivity index (χ3v) is 5.07. The predicted octanol–water partition coefficient (Wildman–Crippen LogP) is 1.93. The smallest absolute Gasteiger partial charge is 0.303 e. The largest absolute Gasteiger partial charge is 0.461 e. The standard InChI is InChI=1S/C22H23N3O4/c1-4-17(12-29-16(3)27)21-19(11-18-7-8-20(21)25-18)22(13-23,14-24)9-5-6-10-28-15(2)26/h11,18,20-21,25H,1,7-10,12H2,2-3H3/t18-,20+,21-/m1/s1. The highest BCUT2D eigenvalue weighted by atomic mass is 16.5. The molecule has 7 nitrogen and oxygen atoms in total. The Hall–Kier alpha value is -3.30. The third kappa shape index (κ3) is 5.15. The third-order valence-electron chi connectivity index (χ3n) is 5.07. The van der Waals surface area contributed by atoms with Gasteiger partial charge in [0.2, 0.25) is 0 Å². The van der Waals surface area contributed by atoms with Gasteiger partial charge in [-0.1, -0.05) is 24.5 Å². The molecule has 1 fully saturated rings. The van der Waals surface area contributed by atoms with Crippen molar-refractivity contribution in [2.75, 3.05) is 13.2 Å². The lowest BCUT2D eigenvalue weighted by Crippen LogP contribution is -2.44. The topological polar surface area (TPSA) is 112 Å². The summed E-state index contributed by atoms with van der Waals surface area (Å²) in [6, 6.07) is 4.35. The minimum absolute atomic E-state index is 0.00473. The van der Waals surface area contributed by atoms with Gasteiger partial charge in [-0.2, -0.15) is 10.5 Å². The average Bonchev–Trinajstić information content (AvgIpc) is 3.07. The predicted molar refractivity (Wildman–Crippen MR) is 103 cm³/mol. The molecule has 0 aromatic carbocycles. The van der Waals surface area contributed by atoms with Crippen LogP contribution in [0.25, 0.3) is 0 Å². The highest BCUT2D eigenvalue weighted by Gasteiger charge is 2.47. The Labute approximate surface area is 170 Å². The van der Waals surface area contributed by atoms with Crippen molar-refractivity contribution in [2.45, 2.75) is 45.2 Å². The molecule has 0 spiro atoms. The summed E-state index contributed by atoms with van der Waals surface area (Å²) in [6.45, 7) is 6.21. The number of esters is 2. The van der Waals surface area contributed by atoms with E-state index >= 15 is 0 Å². The number of carbonyl (C=O) groups excluding carboxylic acids is 2. The molecule has 1 saturated heterocycles. The molecule has 7 heteroatoms. The van der Waals surface area contributed by atoms with E-state index in [2.05, 4.69) is 41.6 Å². The van der Waals surface area contributed by atoms with Crippen LogP contribution in [0.3, 0.4) is 0 Å². The second kappa shape index (κ2) is 9.76. The Bertz CT molecular complexity index is 889. The van der Waals surface area contributed by atoms with Crippen molar-refractivity contribution < 1.29 is 19.1 Å². The summed E-state index contributed by atoms with van der Waals surface area (Å²) in [7, 11) is 0. The molecule has 2 rings (SSSR count). The molecule has 150 valence electrons. The van der Waals surface area contributed by atoms with Gasteiger partial charge in [-0.3, -0.25) is 9.59 Å². The normalized spacial score (nSPS) is 21.9. The molecular weight excluding hydrogens is 370 g/mol. The Morgan fingerprint density at radius 1 is 1.21 bits per heavy atom. The van der Waals surface area contributed by atoms with Gasteiger partial charge in [-0.25, -0.2) is 0 Å². The number of nitrogens with one attached hydrogen (secondary N) is 1. The van der Waals surface area contributed by atoms with Crippen LogP contribution in [-0.2, 0) is 19.1 Å². The van der Waals surface area contributed by atoms with Crippen molar-refractivity contribution >= 4 is 11.9 Å². The number of hydrogen-bond acceptors (Lipinski definition) is 7. The fourth-order valence-corrected chi connectivity index (χ4v) is 3.72. The van der Waals surface area contributed by atoms with E-state index in [1.165, 1.54) is 13.8 Å². The Kier molecular flexibility index (Phi) is 7.40. The van der Waals surface area contributed by atoms with E-state index < -0.39 is 17.4 Å². The Morgan fingerprint density at radius 2 is 1.90 bits per heavy atom. The van der Waals surface area contributed by atoms with Crippen molar-refractivity contribution in [2.24, 2.45) is 11.3 Å². The lowest BCUT2D eigenvalue weighted by atomic mass is 9.68. The van der Waals surface area contributed by atoms with Crippen LogP contribution in [0.2, 0.25) is 0 Å². The molecule has 0 aromatic rings. The Balaban J connectivity index is 2.37. The molecule has 3 atom stereocenters. The maximum Gasteiger partial charge on any atom is 0.303 e. The highest BCUT2D eigenvalue weighted by Crippen LogP contribution is 2.45. The Morgan fingerprint density at radius 3 is 2.48 bits per heavy atom. The van der Waals surface area contributed by atoms with Crippen molar-refractivity contribution in [3.63, 3.8) is 0 Å². The van der Waals surface area contributed by atoms with Crippen LogP contribution in [0.4, 0.5) is 0 Å². The van der Waals surface area contributed by atoms with E-state index in [-0.39, 0.29) is 37.6 Å². The number of carbonyl (C=O) groups is 2. The van der Waals surface area contributed by atoms with Crippen molar-refractivity contribution in [3.05, 3.63) is 29.5 Å². The number of rotatable bonds is 6. The van der Waals surface area contributed by atoms with E-state index in [9.17, 15) is 20.1 Å². The molecule has 0 radical (unpaired) electrons. The summed E-state index contributed by atoms with van der Waals surface area (Å²) in [6.07, 6.45) is 3.62. The molecule has 2 bridgehead atoms. The van der Waals surface area contributed by atoms with E-state index in [0.717, 1.165) is 12.8 Å². The summed E-state index contributed by atoms with van der Waals surface area (Å²) < 4.78 is 9.91. The molecule has 0 aromatic heterocycles. The van der Waals surface area contributed by atoms with E-state index in [1.807, 2.05) is 6.08 Å². The maximum atomic E-state index is 11.3. The quantitative estimate of drug-likeness (QED) is 0.317. The fraction of sp³-hybridized carbons (Fsp3) is 0.500. The molecular formula is C22H23N3O4. The summed E-state index contributed by atoms with van der Waals surface area (Å²) in [5.41, 5.74) is 2.62. The molecule has 2 aliphatic heterocycles. The first-order chi connectivity index (χ1) is 13.9. The second-order valence-electron chi connectivity index (χ2n) is 6.98. The lowest BCUT2D eigenvalue weighted by molar-refractivity contribution is -0.140. The van der Waals surface area contributed by atoms with E-state index in [0.29, 0.717) is 11.1 Å². The van der Waals surface area contributed by atoms with E-state index in [1.54, 1.807) is 0 Å². The summed E-state index contributed by atoms with van der Waals surface area (Å²) in [4.78, 5) is 22.1. The van der Waals surface area contributed by atoms with Gasteiger partial charge in [-0.15, -0.1) is 5.73 Å². The monoisotopic (exact) mass is 393 g/mol. The van der Waals surface area contributed by atoms with Gasteiger partial charge in [-0.05, 0) is 18.4 Å². The van der Waals surface area contributed by atoms with Crippen LogP contribution >= 0.6 is 0 Å². The van der Waals surface area contributed by atoms with Gasteiger partial charge in [0.05, 0.1) is 12.1 Å². The molecule has 2 heterocycles. The van der Waals surface area contributed by atoms with Gasteiger partial charge in [0.1, 0.15) is 6.61 Å². The molecule has 0 saturated carbocycles. The van der Waals surface area contributed by atoms with Crippen LogP contribution in [0, 0.1) is 45.8 Å². The minimum Gasteiger partial charge on any atom is -0.461 e. The molecule has 0 amide bonds. The van der Waals surface area contributed by atoms with Crippen LogP contribution in [0.15, 0.2) is 29.5 Å². The zero-order chi connectivity index (χ0) is 21.4. The van der Waals surface area contributed by atoms with Crippen LogP contribution in [0.1, 0.15) is 33.1 Å². The molecule has 0 unspecified atom stereocenters. The zero-order valence-electron chi connectivity index (χ0n) is 16.6. The van der Waals surface area contributed by atoms with Gasteiger partial charge in [0, 0.05) is 43.8 Å². The second-order valence-corrected chi connectivity index (χ2v) is 6.98. The van der Waals surface area contributed by atoms with Crippen LogP contribution in [-0.4, -0.2) is 37.2 Å². The number of nitrogens with zero attached hydrogens (tertiary/aromatic N) is 2. The molecule has 0 aliphatic carbocycles. The number of nitriles is 2. The van der Waals surface area contributed by atoms with Crippen molar-refractivity contribution in [3.8, 4) is 24.0 Å². The first kappa shape index (κ1) is 22.0. The van der Waals surface area contributed by atoms with Gasteiger partial charge in [0.25, 0.3) is 0 Å². The number of hydrogen-bond donors (Lipinski definition) is 1. The SMILES string of the molecule is C=C=C(COC(C)=O)[C@@H]1C(C(C#N)(C#N)CC#CCOC(C)=O)=C[C@H]2CC[C@@H]1N2. The summed E-state index contributed by atoms with van der Waals surface area (Å²) in [5.74, 6) is 4.24. The molecule has 29 heavy (non-hydrogen) atoms. The lowest BCUT2D eigenvalue weighted by Gasteiger charge is -2.36. The van der Waals surface area contributed by atoms with Gasteiger partial charge in [0.15, 0.2) is 12.0 Å². The fourth-order valence-electron chi connectivity index (χ4n) is 3.72. The minimum atomic E-state index is -1.48. The first-order valence-corrected chi connectivity index (χ1v) is 9.29. The van der Waals surface area contributed by atoms with Crippen molar-refractivity contribution in [1.29, 1.82) is 10.5 Å². The van der Waals surface area contributed by atoms with Crippen LogP contribution in [0.5, 0.6) is 0 Å². The van der Waals surface area contributed by atoms with Gasteiger partial charge >= 0.3 is 11.9 Å². The maximum absolute atomic E-state index is 11.3. The van der Waals surface area contributed by atoms with Gasteiger partial charge < -0.3 is 14.8 Å². The highest BCUT2D eigenvalue weighted by molar-refractivity contribution is 5.66. The van der Waals surface area contributed by atoms with Crippen molar-refractivity contribution in [1.82, 2.24) is 5.32 Å². The summed E-state index contributed by atoms with van der Waals surface area (Å²) >= 11 is 0. The molecule has 1 N–H and O–H groups in total. The van der Waals surface area contributed by atoms with E-state index in [4.69, 9.17) is 9.47 Å². The zero-order valence-corrected chi connectivity index (χ0v) is 16.6. The van der Waals surface area contributed by atoms with Crippen LogP contribution < -0.4 is 5.32 Å². The number of fused-ring (bicyclic) bond motifs is 2. The summed E-state index contributed by atoms with van der Waals surface area (Å²) in [5, 5.41) is 23.3. The average molecular weight is 393 g/mol. The molecule has 2 aliphatic rings.